The van der Waals surface area contributed by atoms with Crippen molar-refractivity contribution >= 4 is 55.1 Å². The van der Waals surface area contributed by atoms with Crippen LogP contribution in [0.1, 0.15) is 16.1 Å². The van der Waals surface area contributed by atoms with Crippen LogP contribution < -0.4 is 5.32 Å². The molecule has 0 fully saturated rings. The molecule has 25 heavy (non-hydrogen) atoms. The van der Waals surface area contributed by atoms with Crippen molar-refractivity contribution < 1.29 is 13.7 Å². The number of aryl methyl sites for hydroxylation is 1. The fourth-order valence-corrected chi connectivity index (χ4v) is 3.27. The van der Waals surface area contributed by atoms with E-state index in [0.717, 1.165) is 4.47 Å². The minimum absolute atomic E-state index is 0.0273. The minimum Gasteiger partial charge on any atom is -0.360 e. The van der Waals surface area contributed by atoms with Gasteiger partial charge in [0.05, 0.1) is 16.3 Å². The number of carbonyl (C=O) groups is 1. The number of carbonyl (C=O) groups excluding carboxylic acids is 1. The fraction of sp³-hybridized carbons (Fsp3) is 0.0588. The average Bonchev–Trinajstić information content (AvgIpc) is 2.92. The summed E-state index contributed by atoms with van der Waals surface area (Å²) in [5.41, 5.74) is 0.758. The van der Waals surface area contributed by atoms with E-state index in [0.29, 0.717) is 10.2 Å². The highest BCUT2D eigenvalue weighted by molar-refractivity contribution is 9.11. The van der Waals surface area contributed by atoms with Gasteiger partial charge in [-0.2, -0.15) is 0 Å². The summed E-state index contributed by atoms with van der Waals surface area (Å²) in [5.74, 6) is -0.803. The lowest BCUT2D eigenvalue weighted by atomic mass is 10.0. The maximum Gasteiger partial charge on any atom is 0.261 e. The van der Waals surface area contributed by atoms with Gasteiger partial charge in [-0.1, -0.05) is 38.8 Å². The topological polar surface area (TPSA) is 55.1 Å². The van der Waals surface area contributed by atoms with Gasteiger partial charge >= 0.3 is 0 Å². The number of benzene rings is 2. The van der Waals surface area contributed by atoms with Crippen LogP contribution >= 0.6 is 43.5 Å². The third-order valence-corrected chi connectivity index (χ3v) is 4.97. The smallest absolute Gasteiger partial charge is 0.261 e. The van der Waals surface area contributed by atoms with Crippen molar-refractivity contribution in [2.45, 2.75) is 6.92 Å². The number of hydrogen-bond acceptors (Lipinski definition) is 3. The molecule has 128 valence electrons. The summed E-state index contributed by atoms with van der Waals surface area (Å²) >= 11 is 12.8. The van der Waals surface area contributed by atoms with Gasteiger partial charge in [-0.25, -0.2) is 4.39 Å². The van der Waals surface area contributed by atoms with Crippen LogP contribution in [-0.4, -0.2) is 11.1 Å². The first-order valence-electron chi connectivity index (χ1n) is 7.05. The SMILES string of the molecule is Cc1onc(-c2c(F)cccc2Cl)c1C(=O)Nc1cc(Br)ccc1Br. The Morgan fingerprint density at radius 3 is 2.76 bits per heavy atom. The molecule has 0 radical (unpaired) electrons. The highest BCUT2D eigenvalue weighted by Gasteiger charge is 2.25. The molecule has 3 aromatic rings. The first-order valence-corrected chi connectivity index (χ1v) is 9.02. The second-order valence-corrected chi connectivity index (χ2v) is 7.31. The molecule has 0 atom stereocenters. The molecule has 0 spiro atoms. The number of nitrogens with one attached hydrogen (secondary N) is 1. The van der Waals surface area contributed by atoms with E-state index in [-0.39, 0.29) is 27.6 Å². The van der Waals surface area contributed by atoms with Gasteiger partial charge in [0, 0.05) is 8.95 Å². The fourth-order valence-electron chi connectivity index (χ4n) is 2.31. The van der Waals surface area contributed by atoms with E-state index in [4.69, 9.17) is 16.1 Å². The van der Waals surface area contributed by atoms with E-state index in [2.05, 4.69) is 42.3 Å². The van der Waals surface area contributed by atoms with E-state index in [1.54, 1.807) is 19.1 Å². The van der Waals surface area contributed by atoms with Gasteiger partial charge in [0.15, 0.2) is 0 Å². The van der Waals surface area contributed by atoms with Crippen molar-refractivity contribution in [3.05, 3.63) is 67.5 Å². The number of nitrogens with zero attached hydrogens (tertiary/aromatic N) is 1. The van der Waals surface area contributed by atoms with E-state index >= 15 is 0 Å². The molecule has 1 amide bonds. The van der Waals surface area contributed by atoms with Crippen LogP contribution in [0.15, 0.2) is 49.9 Å². The summed E-state index contributed by atoms with van der Waals surface area (Å²) in [4.78, 5) is 12.8. The van der Waals surface area contributed by atoms with E-state index in [1.165, 1.54) is 18.2 Å². The number of anilines is 1. The molecule has 0 aliphatic heterocycles. The molecule has 0 saturated carbocycles. The van der Waals surface area contributed by atoms with Crippen molar-refractivity contribution in [2.24, 2.45) is 0 Å². The molecule has 4 nitrogen and oxygen atoms in total. The summed E-state index contributed by atoms with van der Waals surface area (Å²) in [5, 5.41) is 6.74. The Balaban J connectivity index is 2.05. The molecule has 0 aliphatic rings. The molecule has 0 bridgehead atoms. The maximum absolute atomic E-state index is 14.2. The highest BCUT2D eigenvalue weighted by Crippen LogP contribution is 2.34. The van der Waals surface area contributed by atoms with Crippen LogP contribution in [0.2, 0.25) is 5.02 Å². The predicted octanol–water partition coefficient (Wildman–Crippen LogP) is 6.22. The van der Waals surface area contributed by atoms with Gasteiger partial charge in [-0.15, -0.1) is 0 Å². The summed E-state index contributed by atoms with van der Waals surface area (Å²) in [6, 6.07) is 9.60. The van der Waals surface area contributed by atoms with Gasteiger partial charge in [0.2, 0.25) is 0 Å². The zero-order valence-corrected chi connectivity index (χ0v) is 16.7. The molecular formula is C17H10Br2ClFN2O2. The lowest BCUT2D eigenvalue weighted by molar-refractivity contribution is 0.102. The molecule has 8 heteroatoms. The summed E-state index contributed by atoms with van der Waals surface area (Å²) < 4.78 is 20.8. The standard InChI is InChI=1S/C17H10Br2ClFN2O2/c1-8-14(17(24)22-13-7-9(18)5-6-10(13)19)16(23-25-8)15-11(20)3-2-4-12(15)21/h2-7H,1H3,(H,22,24). The van der Waals surface area contributed by atoms with Gasteiger partial charge in [0.1, 0.15) is 22.8 Å². The van der Waals surface area contributed by atoms with Crippen LogP contribution in [0.3, 0.4) is 0 Å². The average molecular weight is 489 g/mol. The lowest BCUT2D eigenvalue weighted by Crippen LogP contribution is -2.14. The Morgan fingerprint density at radius 2 is 2.04 bits per heavy atom. The summed E-state index contributed by atoms with van der Waals surface area (Å²) in [6.07, 6.45) is 0. The van der Waals surface area contributed by atoms with Crippen LogP contribution in [0.5, 0.6) is 0 Å². The largest absolute Gasteiger partial charge is 0.360 e. The second kappa shape index (κ2) is 7.27. The first-order chi connectivity index (χ1) is 11.9. The van der Waals surface area contributed by atoms with Gasteiger partial charge in [-0.05, 0) is 53.2 Å². The molecule has 0 saturated heterocycles. The van der Waals surface area contributed by atoms with E-state index in [9.17, 15) is 9.18 Å². The quantitative estimate of drug-likeness (QED) is 0.476. The number of hydrogen-bond donors (Lipinski definition) is 1. The van der Waals surface area contributed by atoms with Crippen molar-refractivity contribution in [1.29, 1.82) is 0 Å². The van der Waals surface area contributed by atoms with Crippen molar-refractivity contribution in [3.63, 3.8) is 0 Å². The predicted molar refractivity (Wildman–Crippen MR) is 101 cm³/mol. The third-order valence-electron chi connectivity index (χ3n) is 3.47. The minimum atomic E-state index is -0.585. The third kappa shape index (κ3) is 3.63. The maximum atomic E-state index is 14.2. The molecule has 1 aromatic heterocycles. The van der Waals surface area contributed by atoms with Crippen LogP contribution in [0.25, 0.3) is 11.3 Å². The molecule has 0 aliphatic carbocycles. The van der Waals surface area contributed by atoms with Crippen LogP contribution in [-0.2, 0) is 0 Å². The highest BCUT2D eigenvalue weighted by atomic mass is 79.9. The van der Waals surface area contributed by atoms with Gasteiger partial charge in [-0.3, -0.25) is 4.79 Å². The zero-order chi connectivity index (χ0) is 18.1. The number of halogens is 4. The summed E-state index contributed by atoms with van der Waals surface area (Å²) in [6.45, 7) is 1.58. The summed E-state index contributed by atoms with van der Waals surface area (Å²) in [7, 11) is 0. The van der Waals surface area contributed by atoms with E-state index in [1.807, 2.05) is 6.07 Å². The number of amides is 1. The second-order valence-electron chi connectivity index (χ2n) is 5.14. The number of aromatic nitrogens is 1. The molecule has 1 heterocycles. The Hall–Kier alpha value is -1.70. The van der Waals surface area contributed by atoms with Crippen LogP contribution in [0, 0.1) is 12.7 Å². The Bertz CT molecular complexity index is 955. The Kier molecular flexibility index (Phi) is 5.27. The Morgan fingerprint density at radius 1 is 1.28 bits per heavy atom. The van der Waals surface area contributed by atoms with Crippen molar-refractivity contribution in [1.82, 2.24) is 5.16 Å². The molecule has 3 rings (SSSR count). The first kappa shape index (κ1) is 18.1. The number of rotatable bonds is 3. The normalized spacial score (nSPS) is 10.8. The molecule has 1 N–H and O–H groups in total. The monoisotopic (exact) mass is 486 g/mol. The molecule has 2 aromatic carbocycles. The van der Waals surface area contributed by atoms with E-state index < -0.39 is 11.7 Å². The van der Waals surface area contributed by atoms with Gasteiger partial charge in [0.25, 0.3) is 5.91 Å². The van der Waals surface area contributed by atoms with Gasteiger partial charge < -0.3 is 9.84 Å². The zero-order valence-electron chi connectivity index (χ0n) is 12.7. The molecule has 0 unspecified atom stereocenters. The lowest BCUT2D eigenvalue weighted by Gasteiger charge is -2.09. The Labute approximate surface area is 164 Å². The molecular weight excluding hydrogens is 478 g/mol. The van der Waals surface area contributed by atoms with Crippen LogP contribution in [0.4, 0.5) is 10.1 Å². The van der Waals surface area contributed by atoms with Crippen molar-refractivity contribution in [3.8, 4) is 11.3 Å². The van der Waals surface area contributed by atoms with Crippen molar-refractivity contribution in [2.75, 3.05) is 5.32 Å².